The number of nitrogens with one attached hydrogen (secondary N) is 2. The molecule has 0 aromatic carbocycles. The molecule has 1 heterocycles. The maximum atomic E-state index is 12.7. The molecule has 112 valence electrons. The van der Waals surface area contributed by atoms with E-state index < -0.39 is 12.0 Å². The van der Waals surface area contributed by atoms with Gasteiger partial charge in [-0.1, -0.05) is 0 Å². The van der Waals surface area contributed by atoms with Crippen molar-refractivity contribution in [1.82, 2.24) is 9.97 Å². The first-order valence-corrected chi connectivity index (χ1v) is 6.44. The van der Waals surface area contributed by atoms with Crippen molar-refractivity contribution < 1.29 is 18.3 Å². The van der Waals surface area contributed by atoms with E-state index in [1.807, 2.05) is 0 Å². The summed E-state index contributed by atoms with van der Waals surface area (Å²) in [5, 5.41) is 14.9. The predicted molar refractivity (Wildman–Crippen MR) is 68.4 cm³/mol. The normalized spacial score (nSPS) is 22.9. The third-order valence-electron chi connectivity index (χ3n) is 3.32. The number of anilines is 2. The van der Waals surface area contributed by atoms with Crippen molar-refractivity contribution in [2.24, 2.45) is 5.92 Å². The number of alkyl halides is 3. The number of nitrogens with zero attached hydrogens (tertiary/aromatic N) is 2. The first-order valence-electron chi connectivity index (χ1n) is 6.44. The van der Waals surface area contributed by atoms with Crippen molar-refractivity contribution in [2.75, 3.05) is 24.2 Å². The second kappa shape index (κ2) is 5.82. The van der Waals surface area contributed by atoms with Gasteiger partial charge >= 0.3 is 6.18 Å². The van der Waals surface area contributed by atoms with Crippen LogP contribution >= 0.6 is 0 Å². The van der Waals surface area contributed by atoms with Gasteiger partial charge in [-0.25, -0.2) is 9.97 Å². The van der Waals surface area contributed by atoms with Crippen molar-refractivity contribution in [1.29, 1.82) is 0 Å². The van der Waals surface area contributed by atoms with Gasteiger partial charge in [0.1, 0.15) is 11.6 Å². The van der Waals surface area contributed by atoms with E-state index in [4.69, 9.17) is 0 Å². The molecule has 3 N–H and O–H groups in total. The number of aliphatic hydroxyl groups excluding tert-OH is 1. The summed E-state index contributed by atoms with van der Waals surface area (Å²) >= 11 is 0. The van der Waals surface area contributed by atoms with Crippen LogP contribution in [0.25, 0.3) is 0 Å². The molecule has 1 aliphatic carbocycles. The summed E-state index contributed by atoms with van der Waals surface area (Å²) in [6.45, 7) is 0.495. The molecule has 20 heavy (non-hydrogen) atoms. The minimum absolute atomic E-state index is 0.112. The van der Waals surface area contributed by atoms with Gasteiger partial charge in [-0.05, 0) is 25.2 Å². The summed E-state index contributed by atoms with van der Waals surface area (Å²) in [7, 11) is 1.50. The number of aromatic nitrogens is 2. The van der Waals surface area contributed by atoms with Crippen LogP contribution in [-0.4, -0.2) is 34.8 Å². The monoisotopic (exact) mass is 290 g/mol. The Labute approximate surface area is 114 Å². The summed E-state index contributed by atoms with van der Waals surface area (Å²) in [6.07, 6.45) is -2.60. The Morgan fingerprint density at radius 1 is 1.30 bits per heavy atom. The van der Waals surface area contributed by atoms with Crippen LogP contribution in [0.1, 0.15) is 25.1 Å². The highest BCUT2D eigenvalue weighted by Gasteiger charge is 2.35. The predicted octanol–water partition coefficient (Wildman–Crippen LogP) is 2.11. The van der Waals surface area contributed by atoms with Gasteiger partial charge in [0, 0.05) is 19.7 Å². The number of rotatable bonds is 4. The lowest BCUT2D eigenvalue weighted by Gasteiger charge is -2.14. The van der Waals surface area contributed by atoms with E-state index in [-0.39, 0.29) is 23.7 Å². The Bertz CT molecular complexity index is 467. The first kappa shape index (κ1) is 14.8. The van der Waals surface area contributed by atoms with E-state index in [9.17, 15) is 18.3 Å². The van der Waals surface area contributed by atoms with Gasteiger partial charge in [0.05, 0.1) is 6.10 Å². The highest BCUT2D eigenvalue weighted by molar-refractivity contribution is 5.47. The maximum absolute atomic E-state index is 12.7. The number of hydrogen-bond donors (Lipinski definition) is 3. The van der Waals surface area contributed by atoms with Gasteiger partial charge in [-0.15, -0.1) is 0 Å². The zero-order chi connectivity index (χ0) is 14.8. The third-order valence-corrected chi connectivity index (χ3v) is 3.32. The van der Waals surface area contributed by atoms with Crippen molar-refractivity contribution in [3.8, 4) is 0 Å². The second-order valence-corrected chi connectivity index (χ2v) is 4.92. The summed E-state index contributed by atoms with van der Waals surface area (Å²) in [6, 6.07) is 1.43. The largest absolute Gasteiger partial charge is 0.451 e. The molecule has 2 unspecified atom stereocenters. The Kier molecular flexibility index (Phi) is 4.32. The van der Waals surface area contributed by atoms with Crippen LogP contribution in [0.5, 0.6) is 0 Å². The molecular formula is C12H17F3N4O. The third kappa shape index (κ3) is 3.72. The van der Waals surface area contributed by atoms with Crippen LogP contribution in [-0.2, 0) is 6.18 Å². The molecule has 1 saturated carbocycles. The van der Waals surface area contributed by atoms with Gasteiger partial charge in [-0.2, -0.15) is 13.2 Å². The van der Waals surface area contributed by atoms with E-state index in [1.54, 1.807) is 0 Å². The Morgan fingerprint density at radius 3 is 2.55 bits per heavy atom. The fourth-order valence-corrected chi connectivity index (χ4v) is 2.28. The van der Waals surface area contributed by atoms with Gasteiger partial charge in [0.25, 0.3) is 0 Å². The maximum Gasteiger partial charge on any atom is 0.451 e. The summed E-state index contributed by atoms with van der Waals surface area (Å²) in [5.74, 6) is -0.662. The van der Waals surface area contributed by atoms with Crippen LogP contribution in [0.15, 0.2) is 6.07 Å². The average Bonchev–Trinajstić information content (AvgIpc) is 2.81. The van der Waals surface area contributed by atoms with Gasteiger partial charge in [-0.3, -0.25) is 0 Å². The molecule has 1 aromatic heterocycles. The average molecular weight is 290 g/mol. The molecule has 0 bridgehead atoms. The molecule has 0 radical (unpaired) electrons. The van der Waals surface area contributed by atoms with Crippen molar-refractivity contribution in [3.63, 3.8) is 0 Å². The minimum Gasteiger partial charge on any atom is -0.393 e. The standard InChI is InChI=1S/C12H17F3N4O/c1-16-9-5-10(19-11(18-9)12(13,14)15)17-6-7-2-3-8(20)4-7/h5,7-8,20H,2-4,6H2,1H3,(H2,16,17,18,19). The van der Waals surface area contributed by atoms with E-state index in [0.29, 0.717) is 13.0 Å². The van der Waals surface area contributed by atoms with Crippen LogP contribution in [0, 0.1) is 5.92 Å². The fourth-order valence-electron chi connectivity index (χ4n) is 2.28. The molecule has 1 aromatic rings. The van der Waals surface area contributed by atoms with Crippen LogP contribution < -0.4 is 10.6 Å². The molecule has 2 atom stereocenters. The van der Waals surface area contributed by atoms with Crippen LogP contribution in [0.2, 0.25) is 0 Å². The zero-order valence-electron chi connectivity index (χ0n) is 11.0. The molecule has 0 amide bonds. The summed E-state index contributed by atoms with van der Waals surface area (Å²) < 4.78 is 38.0. The second-order valence-electron chi connectivity index (χ2n) is 4.92. The SMILES string of the molecule is CNc1cc(NCC2CCC(O)C2)nc(C(F)(F)F)n1. The molecular weight excluding hydrogens is 273 g/mol. The Balaban J connectivity index is 2.07. The quantitative estimate of drug-likeness (QED) is 0.792. The van der Waals surface area contributed by atoms with Gasteiger partial charge < -0.3 is 15.7 Å². The lowest BCUT2D eigenvalue weighted by Crippen LogP contribution is -2.17. The summed E-state index contributed by atoms with van der Waals surface area (Å²) in [4.78, 5) is 6.87. The van der Waals surface area contributed by atoms with E-state index in [2.05, 4.69) is 20.6 Å². The fraction of sp³-hybridized carbons (Fsp3) is 0.667. The topological polar surface area (TPSA) is 70.1 Å². The molecule has 0 spiro atoms. The number of halogens is 3. The summed E-state index contributed by atoms with van der Waals surface area (Å²) in [5.41, 5.74) is 0. The van der Waals surface area contributed by atoms with E-state index >= 15 is 0 Å². The molecule has 1 aliphatic rings. The molecule has 0 saturated heterocycles. The Hall–Kier alpha value is -1.57. The lowest BCUT2D eigenvalue weighted by molar-refractivity contribution is -0.144. The first-order chi connectivity index (χ1) is 9.38. The van der Waals surface area contributed by atoms with Crippen molar-refractivity contribution in [2.45, 2.75) is 31.5 Å². The van der Waals surface area contributed by atoms with Crippen LogP contribution in [0.4, 0.5) is 24.8 Å². The highest BCUT2D eigenvalue weighted by atomic mass is 19.4. The van der Waals surface area contributed by atoms with Gasteiger partial charge in [0.15, 0.2) is 0 Å². The number of hydrogen-bond acceptors (Lipinski definition) is 5. The molecule has 0 aliphatic heterocycles. The lowest BCUT2D eigenvalue weighted by atomic mass is 10.1. The molecule has 8 heteroatoms. The Morgan fingerprint density at radius 2 is 2.00 bits per heavy atom. The van der Waals surface area contributed by atoms with Crippen molar-refractivity contribution in [3.05, 3.63) is 11.9 Å². The highest BCUT2D eigenvalue weighted by Crippen LogP contribution is 2.29. The molecule has 2 rings (SSSR count). The zero-order valence-corrected chi connectivity index (χ0v) is 11.0. The number of aliphatic hydroxyl groups is 1. The molecule has 5 nitrogen and oxygen atoms in total. The molecule has 1 fully saturated rings. The van der Waals surface area contributed by atoms with Gasteiger partial charge in [0.2, 0.25) is 5.82 Å². The van der Waals surface area contributed by atoms with E-state index in [1.165, 1.54) is 13.1 Å². The smallest absolute Gasteiger partial charge is 0.393 e. The van der Waals surface area contributed by atoms with Crippen LogP contribution in [0.3, 0.4) is 0 Å². The minimum atomic E-state index is -4.58. The van der Waals surface area contributed by atoms with Crippen molar-refractivity contribution >= 4 is 11.6 Å². The van der Waals surface area contributed by atoms with E-state index in [0.717, 1.165) is 12.8 Å².